The van der Waals surface area contributed by atoms with Gasteiger partial charge < -0.3 is 18.8 Å². The minimum Gasteiger partial charge on any atom is -0.484 e. The number of hydrogen-bond donors (Lipinski definition) is 0. The Bertz CT molecular complexity index is 773. The Hall–Kier alpha value is -2.41. The van der Waals surface area contributed by atoms with Gasteiger partial charge in [-0.3, -0.25) is 4.79 Å². The zero-order valence-electron chi connectivity index (χ0n) is 14.2. The number of carbonyl (C=O) groups excluding carboxylic acids is 1. The van der Waals surface area contributed by atoms with Crippen LogP contribution in [0.1, 0.15) is 35.4 Å². The van der Waals surface area contributed by atoms with Crippen LogP contribution in [0.5, 0.6) is 5.75 Å². The van der Waals surface area contributed by atoms with Crippen molar-refractivity contribution in [3.05, 3.63) is 41.1 Å². The van der Waals surface area contributed by atoms with Crippen molar-refractivity contribution in [3.8, 4) is 5.75 Å². The molecule has 4 rings (SSSR count). The molecule has 7 nitrogen and oxygen atoms in total. The van der Waals surface area contributed by atoms with Gasteiger partial charge in [-0.2, -0.15) is 0 Å². The number of amides is 1. The number of benzene rings is 1. The second-order valence-corrected chi connectivity index (χ2v) is 6.41. The minimum atomic E-state index is -0.355. The molecule has 0 bridgehead atoms. The summed E-state index contributed by atoms with van der Waals surface area (Å²) in [5.41, 5.74) is 2.72. The largest absolute Gasteiger partial charge is 0.484 e. The van der Waals surface area contributed by atoms with Crippen molar-refractivity contribution in [2.45, 2.75) is 32.2 Å². The van der Waals surface area contributed by atoms with E-state index < -0.39 is 0 Å². The first-order valence-corrected chi connectivity index (χ1v) is 8.62. The highest BCUT2D eigenvalue weighted by molar-refractivity contribution is 5.78. The molecule has 0 saturated carbocycles. The summed E-state index contributed by atoms with van der Waals surface area (Å²) in [5, 5.41) is 7.87. The summed E-state index contributed by atoms with van der Waals surface area (Å²) in [4.78, 5) is 14.3. The smallest absolute Gasteiger partial charge is 0.261 e. The molecule has 1 fully saturated rings. The van der Waals surface area contributed by atoms with Crippen LogP contribution in [0.15, 0.2) is 22.6 Å². The third-order valence-electron chi connectivity index (χ3n) is 4.71. The second-order valence-electron chi connectivity index (χ2n) is 6.41. The van der Waals surface area contributed by atoms with Crippen molar-refractivity contribution in [1.29, 1.82) is 0 Å². The predicted octanol–water partition coefficient (Wildman–Crippen LogP) is 1.85. The molecule has 1 saturated heterocycles. The molecule has 2 aromatic rings. The monoisotopic (exact) mass is 343 g/mol. The molecule has 1 aliphatic heterocycles. The van der Waals surface area contributed by atoms with Crippen LogP contribution in [-0.2, 0) is 22.4 Å². The van der Waals surface area contributed by atoms with Crippen molar-refractivity contribution in [3.63, 3.8) is 0 Å². The summed E-state index contributed by atoms with van der Waals surface area (Å²) in [5.74, 6) is 1.52. The lowest BCUT2D eigenvalue weighted by Gasteiger charge is -2.33. The number of nitrogens with zero attached hydrogens (tertiary/aromatic N) is 3. The SMILES string of the molecule is Cc1nnc([C@@H]2COCCN2C(=O)COc2ccc3c(c2)CCC3)o1. The van der Waals surface area contributed by atoms with Gasteiger partial charge in [0, 0.05) is 13.5 Å². The van der Waals surface area contributed by atoms with Crippen LogP contribution in [0.4, 0.5) is 0 Å². The molecule has 132 valence electrons. The van der Waals surface area contributed by atoms with Crippen LogP contribution in [-0.4, -0.2) is 47.4 Å². The summed E-state index contributed by atoms with van der Waals surface area (Å²) < 4.78 is 16.7. The summed E-state index contributed by atoms with van der Waals surface area (Å²) in [6.45, 7) is 3.05. The average Bonchev–Trinajstić information content (AvgIpc) is 3.28. The van der Waals surface area contributed by atoms with Crippen molar-refractivity contribution >= 4 is 5.91 Å². The lowest BCUT2D eigenvalue weighted by Crippen LogP contribution is -2.45. The quantitative estimate of drug-likeness (QED) is 0.843. The Balaban J connectivity index is 1.42. The molecular formula is C18H21N3O4. The van der Waals surface area contributed by atoms with E-state index in [2.05, 4.69) is 16.3 Å². The Kier molecular flexibility index (Phi) is 4.40. The summed E-state index contributed by atoms with van der Waals surface area (Å²) in [7, 11) is 0. The molecule has 1 amide bonds. The third kappa shape index (κ3) is 3.37. The fourth-order valence-electron chi connectivity index (χ4n) is 3.42. The first kappa shape index (κ1) is 16.1. The van der Waals surface area contributed by atoms with E-state index in [0.29, 0.717) is 31.5 Å². The molecule has 25 heavy (non-hydrogen) atoms. The lowest BCUT2D eigenvalue weighted by atomic mass is 10.1. The first-order valence-electron chi connectivity index (χ1n) is 8.62. The molecule has 0 N–H and O–H groups in total. The van der Waals surface area contributed by atoms with Gasteiger partial charge in [-0.15, -0.1) is 10.2 Å². The molecule has 7 heteroatoms. The van der Waals surface area contributed by atoms with Gasteiger partial charge >= 0.3 is 0 Å². The standard InChI is InChI=1S/C18H21N3O4/c1-12-19-20-18(25-12)16-10-23-8-7-21(16)17(22)11-24-15-6-5-13-3-2-4-14(13)9-15/h5-6,9,16H,2-4,7-8,10-11H2,1H3/t16-/m0/s1. The van der Waals surface area contributed by atoms with Gasteiger partial charge in [0.1, 0.15) is 11.8 Å². The van der Waals surface area contributed by atoms with Crippen LogP contribution < -0.4 is 4.74 Å². The number of morpholine rings is 1. The van der Waals surface area contributed by atoms with Crippen molar-refractivity contribution in [1.82, 2.24) is 15.1 Å². The highest BCUT2D eigenvalue weighted by Crippen LogP contribution is 2.27. The topological polar surface area (TPSA) is 77.7 Å². The molecule has 2 heterocycles. The van der Waals surface area contributed by atoms with Gasteiger partial charge in [0.25, 0.3) is 5.91 Å². The molecular weight excluding hydrogens is 322 g/mol. The highest BCUT2D eigenvalue weighted by Gasteiger charge is 2.32. The molecule has 2 aliphatic rings. The summed E-state index contributed by atoms with van der Waals surface area (Å²) in [6, 6.07) is 5.73. The average molecular weight is 343 g/mol. The molecule has 0 unspecified atom stereocenters. The molecule has 0 radical (unpaired) electrons. The number of ether oxygens (including phenoxy) is 2. The van der Waals surface area contributed by atoms with E-state index in [9.17, 15) is 4.79 Å². The van der Waals surface area contributed by atoms with Gasteiger partial charge in [0.2, 0.25) is 11.8 Å². The van der Waals surface area contributed by atoms with Crippen molar-refractivity contribution in [2.24, 2.45) is 0 Å². The number of aryl methyl sites for hydroxylation is 3. The lowest BCUT2D eigenvalue weighted by molar-refractivity contribution is -0.143. The Morgan fingerprint density at radius 3 is 3.04 bits per heavy atom. The minimum absolute atomic E-state index is 0.0115. The van der Waals surface area contributed by atoms with Gasteiger partial charge in [-0.05, 0) is 42.5 Å². The Labute approximate surface area is 145 Å². The number of aromatic nitrogens is 2. The van der Waals surface area contributed by atoms with Gasteiger partial charge in [0.15, 0.2) is 6.61 Å². The zero-order chi connectivity index (χ0) is 17.2. The number of rotatable bonds is 4. The second kappa shape index (κ2) is 6.84. The van der Waals surface area contributed by atoms with Crippen LogP contribution in [0, 0.1) is 6.92 Å². The van der Waals surface area contributed by atoms with Gasteiger partial charge in [0.05, 0.1) is 13.2 Å². The van der Waals surface area contributed by atoms with Crippen LogP contribution in [0.25, 0.3) is 0 Å². The normalized spacial score (nSPS) is 19.7. The zero-order valence-corrected chi connectivity index (χ0v) is 14.2. The number of carbonyl (C=O) groups is 1. The Morgan fingerprint density at radius 2 is 2.20 bits per heavy atom. The number of fused-ring (bicyclic) bond motifs is 1. The maximum Gasteiger partial charge on any atom is 0.261 e. The van der Waals surface area contributed by atoms with Gasteiger partial charge in [-0.1, -0.05) is 6.07 Å². The highest BCUT2D eigenvalue weighted by atomic mass is 16.5. The predicted molar refractivity (Wildman–Crippen MR) is 88.3 cm³/mol. The van der Waals surface area contributed by atoms with E-state index >= 15 is 0 Å². The summed E-state index contributed by atoms with van der Waals surface area (Å²) >= 11 is 0. The molecule has 0 spiro atoms. The van der Waals surface area contributed by atoms with Crippen LogP contribution in [0.3, 0.4) is 0 Å². The van der Waals surface area contributed by atoms with E-state index in [1.165, 1.54) is 17.5 Å². The van der Waals surface area contributed by atoms with E-state index in [1.54, 1.807) is 11.8 Å². The first-order chi connectivity index (χ1) is 12.2. The van der Waals surface area contributed by atoms with E-state index in [0.717, 1.165) is 18.6 Å². The fourth-order valence-corrected chi connectivity index (χ4v) is 3.42. The van der Waals surface area contributed by atoms with E-state index in [4.69, 9.17) is 13.9 Å². The van der Waals surface area contributed by atoms with Gasteiger partial charge in [-0.25, -0.2) is 0 Å². The van der Waals surface area contributed by atoms with Crippen molar-refractivity contribution < 1.29 is 18.7 Å². The maximum absolute atomic E-state index is 12.7. The van der Waals surface area contributed by atoms with Crippen LogP contribution in [0.2, 0.25) is 0 Å². The van der Waals surface area contributed by atoms with Crippen molar-refractivity contribution in [2.75, 3.05) is 26.4 Å². The molecule has 1 aliphatic carbocycles. The molecule has 1 aromatic heterocycles. The number of hydrogen-bond acceptors (Lipinski definition) is 6. The van der Waals surface area contributed by atoms with E-state index in [1.807, 2.05) is 12.1 Å². The third-order valence-corrected chi connectivity index (χ3v) is 4.71. The molecule has 1 atom stereocenters. The van der Waals surface area contributed by atoms with Crippen LogP contribution >= 0.6 is 0 Å². The fraction of sp³-hybridized carbons (Fsp3) is 0.500. The summed E-state index contributed by atoms with van der Waals surface area (Å²) in [6.07, 6.45) is 3.41. The molecule has 1 aromatic carbocycles. The maximum atomic E-state index is 12.7. The Morgan fingerprint density at radius 1 is 1.32 bits per heavy atom. The van der Waals surface area contributed by atoms with E-state index in [-0.39, 0.29) is 18.6 Å².